The van der Waals surface area contributed by atoms with E-state index in [4.69, 9.17) is 9.57 Å². The molecule has 1 saturated heterocycles. The maximum absolute atomic E-state index is 11.7. The fourth-order valence-electron chi connectivity index (χ4n) is 1.57. The number of aliphatic hydroxyl groups is 1. The Morgan fingerprint density at radius 2 is 2.12 bits per heavy atom. The van der Waals surface area contributed by atoms with E-state index in [-0.39, 0.29) is 12.6 Å². The summed E-state index contributed by atoms with van der Waals surface area (Å²) in [5, 5.41) is 9.74. The molecular formula is C11H22N2O4. The summed E-state index contributed by atoms with van der Waals surface area (Å²) < 4.78 is 5.23. The van der Waals surface area contributed by atoms with Gasteiger partial charge < -0.3 is 19.6 Å². The predicted molar refractivity (Wildman–Crippen MR) is 62.4 cm³/mol. The number of carbonyl (C=O) groups excluding carboxylic acids is 1. The Balaban J connectivity index is 2.45. The van der Waals surface area contributed by atoms with E-state index in [1.807, 2.05) is 27.7 Å². The Kier molecular flexibility index (Phi) is 4.73. The minimum Gasteiger partial charge on any atom is -0.444 e. The number of nitrogens with zero attached hydrogens (tertiary/aromatic N) is 1. The molecule has 2 atom stereocenters. The number of aliphatic hydroxyl groups excluding tert-OH is 1. The average Bonchev–Trinajstić information content (AvgIpc) is 2.54. The minimum atomic E-state index is -0.630. The van der Waals surface area contributed by atoms with Crippen molar-refractivity contribution in [1.82, 2.24) is 10.4 Å². The highest BCUT2D eigenvalue weighted by atomic mass is 16.6. The third-order valence-corrected chi connectivity index (χ3v) is 2.32. The van der Waals surface area contributed by atoms with Gasteiger partial charge in [0.25, 0.3) is 0 Å². The summed E-state index contributed by atoms with van der Waals surface area (Å²) in [5.41, 5.74) is 2.21. The van der Waals surface area contributed by atoms with Crippen LogP contribution in [0.3, 0.4) is 0 Å². The Morgan fingerprint density at radius 1 is 1.47 bits per heavy atom. The van der Waals surface area contributed by atoms with Gasteiger partial charge in [-0.15, -0.1) is 0 Å². The molecule has 6 heteroatoms. The van der Waals surface area contributed by atoms with Crippen LogP contribution >= 0.6 is 0 Å². The van der Waals surface area contributed by atoms with E-state index in [1.54, 1.807) is 0 Å². The standard InChI is InChI=1S/C11H22N2O4/c1-5-16-12-8-6-13(7-9(8)14)10(15)17-11(2,3)4/h8-9,12,14H,5-7H2,1-4H3. The lowest BCUT2D eigenvalue weighted by atomic mass is 10.2. The number of ether oxygens (including phenoxy) is 1. The second-order valence-electron chi connectivity index (χ2n) is 5.11. The van der Waals surface area contributed by atoms with Crippen molar-refractivity contribution < 1.29 is 19.5 Å². The molecule has 1 aliphatic rings. The van der Waals surface area contributed by atoms with Gasteiger partial charge in [-0.1, -0.05) is 0 Å². The second kappa shape index (κ2) is 5.66. The molecule has 0 aromatic heterocycles. The zero-order chi connectivity index (χ0) is 13.1. The molecule has 2 unspecified atom stereocenters. The lowest BCUT2D eigenvalue weighted by molar-refractivity contribution is -0.00132. The van der Waals surface area contributed by atoms with E-state index < -0.39 is 17.8 Å². The summed E-state index contributed by atoms with van der Waals surface area (Å²) in [4.78, 5) is 18.3. The van der Waals surface area contributed by atoms with Crippen molar-refractivity contribution in [2.45, 2.75) is 45.4 Å². The summed E-state index contributed by atoms with van der Waals surface area (Å²) in [5.74, 6) is 0. The van der Waals surface area contributed by atoms with Gasteiger partial charge in [0, 0.05) is 6.54 Å². The van der Waals surface area contributed by atoms with E-state index >= 15 is 0 Å². The molecule has 0 saturated carbocycles. The summed E-state index contributed by atoms with van der Waals surface area (Å²) in [6.07, 6.45) is -1.04. The van der Waals surface area contributed by atoms with E-state index in [0.29, 0.717) is 13.2 Å². The van der Waals surface area contributed by atoms with Crippen molar-refractivity contribution in [3.63, 3.8) is 0 Å². The van der Waals surface area contributed by atoms with Crippen molar-refractivity contribution in [2.24, 2.45) is 0 Å². The maximum atomic E-state index is 11.7. The molecule has 0 aliphatic carbocycles. The zero-order valence-electron chi connectivity index (χ0n) is 10.9. The molecule has 1 rings (SSSR count). The van der Waals surface area contributed by atoms with Crippen LogP contribution in [0, 0.1) is 0 Å². The first-order valence-electron chi connectivity index (χ1n) is 5.87. The van der Waals surface area contributed by atoms with Crippen molar-refractivity contribution in [2.75, 3.05) is 19.7 Å². The number of nitrogens with one attached hydrogen (secondary N) is 1. The number of hydrogen-bond donors (Lipinski definition) is 2. The first kappa shape index (κ1) is 14.2. The normalized spacial score (nSPS) is 25.1. The summed E-state index contributed by atoms with van der Waals surface area (Å²) in [6, 6.07) is -0.262. The van der Waals surface area contributed by atoms with Crippen LogP contribution in [-0.4, -0.2) is 53.5 Å². The third-order valence-electron chi connectivity index (χ3n) is 2.32. The molecule has 0 bridgehead atoms. The number of amides is 1. The smallest absolute Gasteiger partial charge is 0.410 e. The van der Waals surface area contributed by atoms with Gasteiger partial charge in [-0.05, 0) is 27.7 Å². The first-order chi connectivity index (χ1) is 7.83. The largest absolute Gasteiger partial charge is 0.444 e. The quantitative estimate of drug-likeness (QED) is 0.710. The lowest BCUT2D eigenvalue weighted by Gasteiger charge is -2.24. The van der Waals surface area contributed by atoms with Crippen molar-refractivity contribution in [3.05, 3.63) is 0 Å². The molecule has 6 nitrogen and oxygen atoms in total. The number of β-amino-alcohol motifs (C(OH)–C–C–N with tert-alkyl or cyclic N) is 1. The summed E-state index contributed by atoms with van der Waals surface area (Å²) >= 11 is 0. The van der Waals surface area contributed by atoms with Crippen LogP contribution in [0.15, 0.2) is 0 Å². The molecule has 0 aromatic carbocycles. The summed E-state index contributed by atoms with van der Waals surface area (Å²) in [7, 11) is 0. The lowest BCUT2D eigenvalue weighted by Crippen LogP contribution is -2.40. The van der Waals surface area contributed by atoms with Gasteiger partial charge in [-0.2, -0.15) is 5.48 Å². The minimum absolute atomic E-state index is 0.262. The van der Waals surface area contributed by atoms with E-state index in [1.165, 1.54) is 4.90 Å². The SMILES string of the molecule is CCONC1CN(C(=O)OC(C)(C)C)CC1O. The molecular weight excluding hydrogens is 224 g/mol. The van der Waals surface area contributed by atoms with Crippen LogP contribution in [0.25, 0.3) is 0 Å². The van der Waals surface area contributed by atoms with Gasteiger partial charge in [0.2, 0.25) is 0 Å². The molecule has 1 fully saturated rings. The van der Waals surface area contributed by atoms with Crippen molar-refractivity contribution >= 4 is 6.09 Å². The highest BCUT2D eigenvalue weighted by Gasteiger charge is 2.36. The predicted octanol–water partition coefficient (Wildman–Crippen LogP) is 0.508. The average molecular weight is 246 g/mol. The van der Waals surface area contributed by atoms with Crippen LogP contribution in [0.4, 0.5) is 4.79 Å². The number of rotatable bonds is 3. The van der Waals surface area contributed by atoms with Crippen molar-refractivity contribution in [3.8, 4) is 0 Å². The van der Waals surface area contributed by atoms with Crippen molar-refractivity contribution in [1.29, 1.82) is 0 Å². The first-order valence-corrected chi connectivity index (χ1v) is 5.87. The molecule has 1 heterocycles. The van der Waals surface area contributed by atoms with Gasteiger partial charge >= 0.3 is 6.09 Å². The van der Waals surface area contributed by atoms with Gasteiger partial charge in [0.15, 0.2) is 0 Å². The number of likely N-dealkylation sites (tertiary alicyclic amines) is 1. The number of hydrogen-bond acceptors (Lipinski definition) is 5. The van der Waals surface area contributed by atoms with Crippen LogP contribution < -0.4 is 5.48 Å². The molecule has 1 amide bonds. The molecule has 0 spiro atoms. The van der Waals surface area contributed by atoms with E-state index in [2.05, 4.69) is 5.48 Å². The third kappa shape index (κ3) is 4.49. The Hall–Kier alpha value is -0.850. The Bertz CT molecular complexity index is 265. The van der Waals surface area contributed by atoms with Gasteiger partial charge in [-0.25, -0.2) is 4.79 Å². The number of hydroxylamine groups is 1. The second-order valence-corrected chi connectivity index (χ2v) is 5.11. The maximum Gasteiger partial charge on any atom is 0.410 e. The number of carbonyl (C=O) groups is 1. The molecule has 2 N–H and O–H groups in total. The summed E-state index contributed by atoms with van der Waals surface area (Å²) in [6.45, 7) is 8.44. The Labute approximate surface area is 102 Å². The topological polar surface area (TPSA) is 71.0 Å². The zero-order valence-corrected chi connectivity index (χ0v) is 10.9. The molecule has 100 valence electrons. The van der Waals surface area contributed by atoms with Gasteiger partial charge in [0.1, 0.15) is 5.60 Å². The van der Waals surface area contributed by atoms with Gasteiger partial charge in [-0.3, -0.25) is 0 Å². The van der Waals surface area contributed by atoms with Crippen LogP contribution in [-0.2, 0) is 9.57 Å². The van der Waals surface area contributed by atoms with E-state index in [0.717, 1.165) is 0 Å². The van der Waals surface area contributed by atoms with Crippen LogP contribution in [0.5, 0.6) is 0 Å². The van der Waals surface area contributed by atoms with E-state index in [9.17, 15) is 9.90 Å². The molecule has 17 heavy (non-hydrogen) atoms. The fraction of sp³-hybridized carbons (Fsp3) is 0.909. The molecule has 1 aliphatic heterocycles. The molecule has 0 aromatic rings. The Morgan fingerprint density at radius 3 is 2.65 bits per heavy atom. The molecule has 0 radical (unpaired) electrons. The highest BCUT2D eigenvalue weighted by Crippen LogP contribution is 2.15. The van der Waals surface area contributed by atoms with Crippen LogP contribution in [0.1, 0.15) is 27.7 Å². The highest BCUT2D eigenvalue weighted by molar-refractivity contribution is 5.68. The van der Waals surface area contributed by atoms with Gasteiger partial charge in [0.05, 0.1) is 25.3 Å². The fourth-order valence-corrected chi connectivity index (χ4v) is 1.57. The monoisotopic (exact) mass is 246 g/mol. The van der Waals surface area contributed by atoms with Crippen LogP contribution in [0.2, 0.25) is 0 Å².